The molecule has 2 rings (SSSR count). The number of morpholine rings is 1. The van der Waals surface area contributed by atoms with Crippen LogP contribution in [0.15, 0.2) is 18.2 Å². The van der Waals surface area contributed by atoms with Gasteiger partial charge in [0.1, 0.15) is 12.7 Å². The van der Waals surface area contributed by atoms with Crippen LogP contribution in [0.1, 0.15) is 31.1 Å². The Hall–Kier alpha value is -1.63. The van der Waals surface area contributed by atoms with Gasteiger partial charge in [0.25, 0.3) is 0 Å². The zero-order valence-corrected chi connectivity index (χ0v) is 14.8. The highest BCUT2D eigenvalue weighted by Gasteiger charge is 2.25. The number of aliphatic hydroxyl groups excluding tert-OH is 1. The molecule has 0 bridgehead atoms. The number of hydrogen-bond acceptors (Lipinski definition) is 6. The Balaban J connectivity index is 1.91. The molecule has 1 aliphatic rings. The van der Waals surface area contributed by atoms with Crippen molar-refractivity contribution in [3.05, 3.63) is 23.8 Å². The minimum atomic E-state index is -0.616. The molecule has 1 fully saturated rings. The molecule has 0 saturated carbocycles. The van der Waals surface area contributed by atoms with Crippen molar-refractivity contribution in [1.29, 1.82) is 0 Å². The monoisotopic (exact) mass is 337 g/mol. The fourth-order valence-corrected chi connectivity index (χ4v) is 2.74. The second kappa shape index (κ2) is 8.46. The standard InChI is InChI=1S/C18H27NO5/c1-12-10-23-13(2)8-19(12)9-16(21)11-24-17-6-5-15(14(3)20)7-18(17)22-4/h5-7,12-13,16,21H,8-11H2,1-4H3/t12-,13+,16-/m1/s1. The van der Waals surface area contributed by atoms with E-state index in [0.717, 1.165) is 6.54 Å². The van der Waals surface area contributed by atoms with Crippen molar-refractivity contribution in [2.45, 2.75) is 39.0 Å². The molecule has 134 valence electrons. The lowest BCUT2D eigenvalue weighted by molar-refractivity contribution is -0.0650. The maximum Gasteiger partial charge on any atom is 0.161 e. The molecule has 24 heavy (non-hydrogen) atoms. The molecule has 1 N–H and O–H groups in total. The van der Waals surface area contributed by atoms with Crippen LogP contribution in [0.3, 0.4) is 0 Å². The third-order valence-electron chi connectivity index (χ3n) is 4.18. The van der Waals surface area contributed by atoms with Crippen LogP contribution in [0, 0.1) is 0 Å². The van der Waals surface area contributed by atoms with E-state index in [9.17, 15) is 9.90 Å². The fourth-order valence-electron chi connectivity index (χ4n) is 2.74. The molecule has 1 aromatic carbocycles. The minimum absolute atomic E-state index is 0.0321. The topological polar surface area (TPSA) is 68.2 Å². The van der Waals surface area contributed by atoms with Crippen molar-refractivity contribution in [2.75, 3.05) is 33.4 Å². The number of methoxy groups -OCH3 is 1. The average molecular weight is 337 g/mol. The third kappa shape index (κ3) is 4.93. The summed E-state index contributed by atoms with van der Waals surface area (Å²) in [5.74, 6) is 0.975. The Labute approximate surface area is 143 Å². The third-order valence-corrected chi connectivity index (χ3v) is 4.18. The summed E-state index contributed by atoms with van der Waals surface area (Å²) < 4.78 is 16.5. The van der Waals surface area contributed by atoms with Gasteiger partial charge in [-0.2, -0.15) is 0 Å². The highest BCUT2D eigenvalue weighted by Crippen LogP contribution is 2.28. The summed E-state index contributed by atoms with van der Waals surface area (Å²) in [6, 6.07) is 5.32. The zero-order valence-electron chi connectivity index (χ0n) is 14.8. The number of nitrogens with zero attached hydrogens (tertiary/aromatic N) is 1. The van der Waals surface area contributed by atoms with E-state index in [4.69, 9.17) is 14.2 Å². The van der Waals surface area contributed by atoms with Gasteiger partial charge in [0.05, 0.1) is 19.8 Å². The van der Waals surface area contributed by atoms with Crippen molar-refractivity contribution in [3.63, 3.8) is 0 Å². The SMILES string of the molecule is COc1cc(C(C)=O)ccc1OC[C@H](O)CN1C[C@H](C)OC[C@H]1C. The number of hydrogen-bond donors (Lipinski definition) is 1. The fraction of sp³-hybridized carbons (Fsp3) is 0.611. The highest BCUT2D eigenvalue weighted by molar-refractivity contribution is 5.94. The number of carbonyl (C=O) groups is 1. The van der Waals surface area contributed by atoms with E-state index >= 15 is 0 Å². The summed E-state index contributed by atoms with van der Waals surface area (Å²) in [6.45, 7) is 7.79. The van der Waals surface area contributed by atoms with Crippen molar-refractivity contribution in [3.8, 4) is 11.5 Å². The Morgan fingerprint density at radius 1 is 1.42 bits per heavy atom. The van der Waals surface area contributed by atoms with Crippen LogP contribution < -0.4 is 9.47 Å². The largest absolute Gasteiger partial charge is 0.493 e. The van der Waals surface area contributed by atoms with Crippen molar-refractivity contribution in [2.24, 2.45) is 0 Å². The van der Waals surface area contributed by atoms with Gasteiger partial charge in [-0.1, -0.05) is 0 Å². The van der Waals surface area contributed by atoms with E-state index in [1.807, 2.05) is 6.92 Å². The van der Waals surface area contributed by atoms with Crippen LogP contribution in [0.5, 0.6) is 11.5 Å². The van der Waals surface area contributed by atoms with E-state index in [-0.39, 0.29) is 24.5 Å². The first-order chi connectivity index (χ1) is 11.4. The Morgan fingerprint density at radius 3 is 2.83 bits per heavy atom. The van der Waals surface area contributed by atoms with E-state index in [1.165, 1.54) is 14.0 Å². The van der Waals surface area contributed by atoms with Crippen LogP contribution in [0.2, 0.25) is 0 Å². The minimum Gasteiger partial charge on any atom is -0.493 e. The molecule has 0 unspecified atom stereocenters. The smallest absolute Gasteiger partial charge is 0.161 e. The first kappa shape index (κ1) is 18.7. The lowest BCUT2D eigenvalue weighted by atomic mass is 10.1. The van der Waals surface area contributed by atoms with Crippen LogP contribution in [0.4, 0.5) is 0 Å². The second-order valence-corrected chi connectivity index (χ2v) is 6.33. The average Bonchev–Trinajstić information content (AvgIpc) is 2.56. The zero-order chi connectivity index (χ0) is 17.7. The van der Waals surface area contributed by atoms with Gasteiger partial charge < -0.3 is 19.3 Å². The molecule has 1 aliphatic heterocycles. The van der Waals surface area contributed by atoms with E-state index in [0.29, 0.717) is 30.2 Å². The number of ketones is 1. The predicted molar refractivity (Wildman–Crippen MR) is 90.9 cm³/mol. The van der Waals surface area contributed by atoms with E-state index < -0.39 is 6.10 Å². The number of carbonyl (C=O) groups excluding carboxylic acids is 1. The molecule has 0 amide bonds. The molecule has 0 radical (unpaired) electrons. The van der Waals surface area contributed by atoms with Gasteiger partial charge in [0, 0.05) is 24.7 Å². The summed E-state index contributed by atoms with van der Waals surface area (Å²) in [5, 5.41) is 10.3. The lowest BCUT2D eigenvalue weighted by Crippen LogP contribution is -2.50. The van der Waals surface area contributed by atoms with Crippen molar-refractivity contribution >= 4 is 5.78 Å². The van der Waals surface area contributed by atoms with Crippen LogP contribution in [-0.2, 0) is 4.74 Å². The molecular formula is C18H27NO5. The Bertz CT molecular complexity index is 562. The molecule has 1 saturated heterocycles. The molecule has 0 spiro atoms. The molecule has 0 aliphatic carbocycles. The van der Waals surface area contributed by atoms with Gasteiger partial charge in [0.15, 0.2) is 17.3 Å². The predicted octanol–water partition coefficient (Wildman–Crippen LogP) is 1.75. The number of rotatable bonds is 7. The Morgan fingerprint density at radius 2 is 2.17 bits per heavy atom. The van der Waals surface area contributed by atoms with Crippen LogP contribution >= 0.6 is 0 Å². The molecule has 6 nitrogen and oxygen atoms in total. The summed E-state index contributed by atoms with van der Waals surface area (Å²) in [4.78, 5) is 13.6. The van der Waals surface area contributed by atoms with E-state index in [1.54, 1.807) is 18.2 Å². The lowest BCUT2D eigenvalue weighted by Gasteiger charge is -2.37. The van der Waals surface area contributed by atoms with Gasteiger partial charge in [0.2, 0.25) is 0 Å². The van der Waals surface area contributed by atoms with Crippen LogP contribution in [0.25, 0.3) is 0 Å². The summed E-state index contributed by atoms with van der Waals surface area (Å²) >= 11 is 0. The first-order valence-electron chi connectivity index (χ1n) is 8.26. The van der Waals surface area contributed by atoms with E-state index in [2.05, 4.69) is 11.8 Å². The van der Waals surface area contributed by atoms with Gasteiger partial charge in [-0.15, -0.1) is 0 Å². The number of β-amino-alcohol motifs (C(OH)–C–C–N with tert-alkyl or cyclic N) is 1. The normalized spacial score (nSPS) is 22.9. The first-order valence-corrected chi connectivity index (χ1v) is 8.26. The molecule has 0 aromatic heterocycles. The van der Waals surface area contributed by atoms with Gasteiger partial charge in [-0.25, -0.2) is 0 Å². The van der Waals surface area contributed by atoms with Crippen molar-refractivity contribution in [1.82, 2.24) is 4.90 Å². The number of benzene rings is 1. The number of aliphatic hydroxyl groups is 1. The highest BCUT2D eigenvalue weighted by atomic mass is 16.5. The molecule has 1 aromatic rings. The molecular weight excluding hydrogens is 310 g/mol. The van der Waals surface area contributed by atoms with Gasteiger partial charge >= 0.3 is 0 Å². The van der Waals surface area contributed by atoms with Crippen molar-refractivity contribution < 1.29 is 24.1 Å². The quantitative estimate of drug-likeness (QED) is 0.765. The number of ether oxygens (including phenoxy) is 3. The van der Waals surface area contributed by atoms with Gasteiger partial charge in [-0.05, 0) is 39.0 Å². The molecule has 6 heteroatoms. The molecule has 1 heterocycles. The summed E-state index contributed by atoms with van der Waals surface area (Å²) in [6.07, 6.45) is -0.441. The maximum atomic E-state index is 11.4. The van der Waals surface area contributed by atoms with Crippen LogP contribution in [-0.4, -0.2) is 67.5 Å². The molecule has 3 atom stereocenters. The number of Topliss-reactive ketones (excluding diaryl/α,β-unsaturated/α-hetero) is 1. The second-order valence-electron chi connectivity index (χ2n) is 6.33. The summed E-state index contributed by atoms with van der Waals surface area (Å²) in [5.41, 5.74) is 0.566. The summed E-state index contributed by atoms with van der Waals surface area (Å²) in [7, 11) is 1.53. The van der Waals surface area contributed by atoms with Gasteiger partial charge in [-0.3, -0.25) is 9.69 Å². The maximum absolute atomic E-state index is 11.4. The Kier molecular flexibility index (Phi) is 6.60.